The molecule has 1 aliphatic heterocycles. The fraction of sp³-hybridized carbons (Fsp3) is 0.435. The molecule has 32 heavy (non-hydrogen) atoms. The van der Waals surface area contributed by atoms with Crippen molar-refractivity contribution < 1.29 is 22.7 Å². The minimum absolute atomic E-state index is 0.331. The molecule has 174 valence electrons. The highest BCUT2D eigenvalue weighted by atomic mass is 32.2. The van der Waals surface area contributed by atoms with Crippen LogP contribution in [0.1, 0.15) is 13.3 Å². The van der Waals surface area contributed by atoms with Gasteiger partial charge >= 0.3 is 0 Å². The average Bonchev–Trinajstić information content (AvgIpc) is 2.78. The van der Waals surface area contributed by atoms with Gasteiger partial charge in [0.1, 0.15) is 17.5 Å². The van der Waals surface area contributed by atoms with Crippen LogP contribution in [0.25, 0.3) is 0 Å². The maximum Gasteiger partial charge on any atom is 0.243 e. The monoisotopic (exact) mass is 461 g/mol. The Balaban J connectivity index is 1.59. The van der Waals surface area contributed by atoms with Crippen LogP contribution < -0.4 is 14.4 Å². The number of hydrogen-bond donors (Lipinski definition) is 1. The lowest BCUT2D eigenvalue weighted by Gasteiger charge is -2.29. The number of para-hydroxylation sites is 1. The molecule has 1 fully saturated rings. The van der Waals surface area contributed by atoms with Crippen molar-refractivity contribution >= 4 is 21.6 Å². The van der Waals surface area contributed by atoms with E-state index in [2.05, 4.69) is 10.2 Å². The highest BCUT2D eigenvalue weighted by molar-refractivity contribution is 7.92. The van der Waals surface area contributed by atoms with Crippen molar-refractivity contribution in [3.63, 3.8) is 0 Å². The predicted octanol–water partition coefficient (Wildman–Crippen LogP) is 2.47. The molecule has 0 saturated carbocycles. The number of sulfonamides is 1. The van der Waals surface area contributed by atoms with E-state index in [1.165, 1.54) is 0 Å². The average molecular weight is 462 g/mol. The molecule has 9 heteroatoms. The summed E-state index contributed by atoms with van der Waals surface area (Å²) in [5.41, 5.74) is 0.406. The summed E-state index contributed by atoms with van der Waals surface area (Å²) >= 11 is 0. The lowest BCUT2D eigenvalue weighted by Crippen LogP contribution is -2.48. The van der Waals surface area contributed by atoms with Gasteiger partial charge in [0, 0.05) is 19.6 Å². The first-order valence-electron chi connectivity index (χ1n) is 10.7. The maximum absolute atomic E-state index is 12.7. The van der Waals surface area contributed by atoms with E-state index in [0.29, 0.717) is 23.7 Å². The fourth-order valence-corrected chi connectivity index (χ4v) is 4.76. The number of nitrogens with one attached hydrogen (secondary N) is 1. The topological polar surface area (TPSA) is 88.2 Å². The van der Waals surface area contributed by atoms with Crippen LogP contribution in [0.4, 0.5) is 5.69 Å². The predicted molar refractivity (Wildman–Crippen MR) is 125 cm³/mol. The molecule has 0 bridgehead atoms. The summed E-state index contributed by atoms with van der Waals surface area (Å²) in [5.74, 6) is 0.931. The summed E-state index contributed by atoms with van der Waals surface area (Å²) in [6.07, 6.45) is 1.90. The largest absolute Gasteiger partial charge is 0.457 e. The number of anilines is 1. The molecule has 1 saturated heterocycles. The molecule has 1 heterocycles. The van der Waals surface area contributed by atoms with Crippen LogP contribution in [0.3, 0.4) is 0 Å². The van der Waals surface area contributed by atoms with E-state index in [1.807, 2.05) is 30.3 Å². The third-order valence-corrected chi connectivity index (χ3v) is 6.45. The van der Waals surface area contributed by atoms with E-state index < -0.39 is 16.1 Å². The van der Waals surface area contributed by atoms with E-state index in [-0.39, 0.29) is 5.91 Å². The lowest BCUT2D eigenvalue weighted by molar-refractivity contribution is -0.121. The summed E-state index contributed by atoms with van der Waals surface area (Å²) in [4.78, 5) is 15.0. The Morgan fingerprint density at radius 1 is 1.09 bits per heavy atom. The van der Waals surface area contributed by atoms with Crippen molar-refractivity contribution in [2.45, 2.75) is 19.4 Å². The molecule has 2 aromatic rings. The number of benzene rings is 2. The number of amides is 1. The van der Waals surface area contributed by atoms with Gasteiger partial charge in [-0.25, -0.2) is 8.42 Å². The van der Waals surface area contributed by atoms with Crippen molar-refractivity contribution in [3.05, 3.63) is 54.6 Å². The molecule has 3 rings (SSSR count). The third kappa shape index (κ3) is 6.94. The highest BCUT2D eigenvalue weighted by Crippen LogP contribution is 2.26. The SMILES string of the molecule is C[C@@H](C(=O)NCCCN1CCOCC1)N(c1ccc(Oc2ccccc2)cc1)S(C)(=O)=O. The molecule has 1 aliphatic rings. The molecular weight excluding hydrogens is 430 g/mol. The van der Waals surface area contributed by atoms with E-state index in [4.69, 9.17) is 9.47 Å². The van der Waals surface area contributed by atoms with Gasteiger partial charge < -0.3 is 14.8 Å². The van der Waals surface area contributed by atoms with Crippen LogP contribution >= 0.6 is 0 Å². The zero-order chi connectivity index (χ0) is 23.0. The van der Waals surface area contributed by atoms with Gasteiger partial charge in [-0.2, -0.15) is 0 Å². The third-order valence-electron chi connectivity index (χ3n) is 5.21. The number of ether oxygens (including phenoxy) is 2. The Morgan fingerprint density at radius 3 is 2.34 bits per heavy atom. The van der Waals surface area contributed by atoms with Crippen LogP contribution in [0, 0.1) is 0 Å². The second-order valence-corrected chi connectivity index (χ2v) is 9.60. The number of carbonyl (C=O) groups is 1. The number of hydrogen-bond acceptors (Lipinski definition) is 6. The summed E-state index contributed by atoms with van der Waals surface area (Å²) in [6, 6.07) is 15.1. The maximum atomic E-state index is 12.7. The van der Waals surface area contributed by atoms with Crippen molar-refractivity contribution in [2.75, 3.05) is 50.0 Å². The Labute approximate surface area is 190 Å². The van der Waals surface area contributed by atoms with Crippen LogP contribution in [0.15, 0.2) is 54.6 Å². The molecule has 0 aromatic heterocycles. The molecule has 0 radical (unpaired) electrons. The molecule has 8 nitrogen and oxygen atoms in total. The van der Waals surface area contributed by atoms with Crippen molar-refractivity contribution in [2.24, 2.45) is 0 Å². The quantitative estimate of drug-likeness (QED) is 0.547. The number of morpholine rings is 1. The fourth-order valence-electron chi connectivity index (χ4n) is 3.58. The van der Waals surface area contributed by atoms with Gasteiger partial charge in [0.15, 0.2) is 0 Å². The number of nitrogens with zero attached hydrogens (tertiary/aromatic N) is 2. The van der Waals surface area contributed by atoms with Gasteiger partial charge in [-0.3, -0.25) is 14.0 Å². The van der Waals surface area contributed by atoms with Gasteiger partial charge in [-0.15, -0.1) is 0 Å². The molecule has 1 amide bonds. The van der Waals surface area contributed by atoms with Crippen molar-refractivity contribution in [1.82, 2.24) is 10.2 Å². The lowest BCUT2D eigenvalue weighted by atomic mass is 10.2. The second-order valence-electron chi connectivity index (χ2n) is 7.74. The Morgan fingerprint density at radius 2 is 1.72 bits per heavy atom. The zero-order valence-electron chi connectivity index (χ0n) is 18.6. The Hall–Kier alpha value is -2.62. The molecule has 1 N–H and O–H groups in total. The summed E-state index contributed by atoms with van der Waals surface area (Å²) in [6.45, 7) is 6.22. The normalized spacial score (nSPS) is 15.7. The Bertz CT molecular complexity index is 961. The Kier molecular flexibility index (Phi) is 8.49. The van der Waals surface area contributed by atoms with Gasteiger partial charge in [0.2, 0.25) is 15.9 Å². The van der Waals surface area contributed by atoms with Crippen molar-refractivity contribution in [1.29, 1.82) is 0 Å². The smallest absolute Gasteiger partial charge is 0.243 e. The summed E-state index contributed by atoms with van der Waals surface area (Å²) < 4.78 is 37.2. The summed E-state index contributed by atoms with van der Waals surface area (Å²) in [5, 5.41) is 2.86. The van der Waals surface area contributed by atoms with Crippen LogP contribution in [0.5, 0.6) is 11.5 Å². The molecule has 1 atom stereocenters. The molecule has 0 aliphatic carbocycles. The molecular formula is C23H31N3O5S. The van der Waals surface area contributed by atoms with E-state index in [0.717, 1.165) is 49.8 Å². The number of rotatable bonds is 10. The van der Waals surface area contributed by atoms with E-state index in [9.17, 15) is 13.2 Å². The summed E-state index contributed by atoms with van der Waals surface area (Å²) in [7, 11) is -3.67. The zero-order valence-corrected chi connectivity index (χ0v) is 19.4. The highest BCUT2D eigenvalue weighted by Gasteiger charge is 2.29. The molecule has 0 spiro atoms. The second kappa shape index (κ2) is 11.3. The van der Waals surface area contributed by atoms with Gasteiger partial charge in [-0.1, -0.05) is 18.2 Å². The first-order chi connectivity index (χ1) is 15.3. The van der Waals surface area contributed by atoms with Gasteiger partial charge in [0.05, 0.1) is 25.2 Å². The minimum atomic E-state index is -3.67. The van der Waals surface area contributed by atoms with Crippen LogP contribution in [-0.4, -0.2) is 70.9 Å². The van der Waals surface area contributed by atoms with E-state index in [1.54, 1.807) is 31.2 Å². The van der Waals surface area contributed by atoms with Crippen molar-refractivity contribution in [3.8, 4) is 11.5 Å². The standard InChI is InChI=1S/C23H31N3O5S/c1-19(23(27)24-13-6-14-25-15-17-30-18-16-25)26(32(2,28)29)20-9-11-22(12-10-20)31-21-7-4-3-5-8-21/h3-5,7-12,19H,6,13-18H2,1-2H3,(H,24,27)/t19-/m0/s1. The van der Waals surface area contributed by atoms with E-state index >= 15 is 0 Å². The number of carbonyl (C=O) groups excluding carboxylic acids is 1. The first kappa shape index (κ1) is 24.0. The first-order valence-corrected chi connectivity index (χ1v) is 12.6. The van der Waals surface area contributed by atoms with Crippen LogP contribution in [0.2, 0.25) is 0 Å². The van der Waals surface area contributed by atoms with Gasteiger partial charge in [-0.05, 0) is 56.3 Å². The molecule has 2 aromatic carbocycles. The van der Waals surface area contributed by atoms with Crippen LogP contribution in [-0.2, 0) is 19.6 Å². The minimum Gasteiger partial charge on any atom is -0.457 e. The molecule has 0 unspecified atom stereocenters. The van der Waals surface area contributed by atoms with Gasteiger partial charge in [0.25, 0.3) is 0 Å².